The van der Waals surface area contributed by atoms with Gasteiger partial charge < -0.3 is 15.1 Å². The van der Waals surface area contributed by atoms with Crippen molar-refractivity contribution >= 4 is 5.82 Å². The van der Waals surface area contributed by atoms with Gasteiger partial charge in [-0.25, -0.2) is 4.98 Å². The van der Waals surface area contributed by atoms with Crippen molar-refractivity contribution in [1.82, 2.24) is 4.98 Å². The van der Waals surface area contributed by atoms with Crippen molar-refractivity contribution in [2.24, 2.45) is 0 Å². The Bertz CT molecular complexity index is 374. The van der Waals surface area contributed by atoms with E-state index in [1.165, 1.54) is 0 Å². The normalized spacial score (nSPS) is 26.9. The summed E-state index contributed by atoms with van der Waals surface area (Å²) < 4.78 is 0. The summed E-state index contributed by atoms with van der Waals surface area (Å²) in [5.74, 6) is 0.870. The Hall–Kier alpha value is -1.13. The molecule has 0 bridgehead atoms. The first-order chi connectivity index (χ1) is 7.98. The van der Waals surface area contributed by atoms with Gasteiger partial charge in [0, 0.05) is 19.3 Å². The van der Waals surface area contributed by atoms with E-state index in [-0.39, 0.29) is 0 Å². The Labute approximate surface area is 102 Å². The van der Waals surface area contributed by atoms with Crippen LogP contribution in [0.5, 0.6) is 0 Å². The van der Waals surface area contributed by atoms with E-state index in [2.05, 4.69) is 9.88 Å². The fourth-order valence-corrected chi connectivity index (χ4v) is 2.25. The zero-order valence-corrected chi connectivity index (χ0v) is 10.4. The van der Waals surface area contributed by atoms with E-state index in [1.54, 1.807) is 13.1 Å². The van der Waals surface area contributed by atoms with E-state index in [0.717, 1.165) is 30.8 Å². The van der Waals surface area contributed by atoms with Crippen LogP contribution in [-0.2, 0) is 0 Å². The third-order valence-corrected chi connectivity index (χ3v) is 3.25. The van der Waals surface area contributed by atoms with Crippen LogP contribution >= 0.6 is 0 Å². The number of hydrogen-bond acceptors (Lipinski definition) is 4. The standard InChI is InChI=1S/C13H20N2O2/c1-10(16)11-4-5-12(14-8-11)15-7-3-6-13(2,17)9-15/h4-5,8,10,16-17H,3,6-7,9H2,1-2H3/t10-,13?/m1/s1. The van der Waals surface area contributed by atoms with Gasteiger partial charge in [0.2, 0.25) is 0 Å². The molecule has 0 aromatic carbocycles. The number of aromatic nitrogens is 1. The number of aliphatic hydroxyl groups is 2. The molecule has 17 heavy (non-hydrogen) atoms. The van der Waals surface area contributed by atoms with Crippen LogP contribution in [-0.4, -0.2) is 33.9 Å². The molecular formula is C13H20N2O2. The number of pyridine rings is 1. The van der Waals surface area contributed by atoms with Gasteiger partial charge in [0.15, 0.2) is 0 Å². The molecule has 1 aromatic rings. The maximum atomic E-state index is 10.0. The molecule has 0 spiro atoms. The van der Waals surface area contributed by atoms with Crippen LogP contribution in [0.3, 0.4) is 0 Å². The molecule has 4 nitrogen and oxygen atoms in total. The highest BCUT2D eigenvalue weighted by Gasteiger charge is 2.28. The molecule has 1 saturated heterocycles. The molecule has 1 aliphatic rings. The number of rotatable bonds is 2. The summed E-state index contributed by atoms with van der Waals surface area (Å²) in [4.78, 5) is 6.44. The van der Waals surface area contributed by atoms with E-state index >= 15 is 0 Å². The first kappa shape index (κ1) is 12.3. The van der Waals surface area contributed by atoms with Gasteiger partial charge in [-0.3, -0.25) is 0 Å². The van der Waals surface area contributed by atoms with Gasteiger partial charge in [-0.2, -0.15) is 0 Å². The summed E-state index contributed by atoms with van der Waals surface area (Å²) in [7, 11) is 0. The lowest BCUT2D eigenvalue weighted by Gasteiger charge is -2.37. The smallest absolute Gasteiger partial charge is 0.128 e. The van der Waals surface area contributed by atoms with Crippen LogP contribution in [0.1, 0.15) is 38.4 Å². The predicted molar refractivity (Wildman–Crippen MR) is 66.9 cm³/mol. The lowest BCUT2D eigenvalue weighted by Crippen LogP contribution is -2.46. The van der Waals surface area contributed by atoms with E-state index in [1.807, 2.05) is 19.1 Å². The molecule has 0 saturated carbocycles. The van der Waals surface area contributed by atoms with Crippen molar-refractivity contribution in [2.45, 2.75) is 38.4 Å². The third-order valence-electron chi connectivity index (χ3n) is 3.25. The minimum absolute atomic E-state index is 0.485. The Morgan fingerprint density at radius 3 is 2.76 bits per heavy atom. The van der Waals surface area contributed by atoms with Crippen molar-refractivity contribution in [3.05, 3.63) is 23.9 Å². The molecule has 0 aliphatic carbocycles. The molecule has 94 valence electrons. The first-order valence-corrected chi connectivity index (χ1v) is 6.09. The molecule has 2 heterocycles. The van der Waals surface area contributed by atoms with E-state index in [9.17, 15) is 10.2 Å². The second kappa shape index (κ2) is 4.63. The molecular weight excluding hydrogens is 216 g/mol. The number of piperidine rings is 1. The van der Waals surface area contributed by atoms with Crippen LogP contribution in [0.4, 0.5) is 5.82 Å². The van der Waals surface area contributed by atoms with Crippen molar-refractivity contribution in [2.75, 3.05) is 18.0 Å². The van der Waals surface area contributed by atoms with Gasteiger partial charge in [-0.1, -0.05) is 6.07 Å². The molecule has 1 aliphatic heterocycles. The van der Waals surface area contributed by atoms with Crippen LogP contribution < -0.4 is 4.90 Å². The van der Waals surface area contributed by atoms with E-state index in [4.69, 9.17) is 0 Å². The summed E-state index contributed by atoms with van der Waals surface area (Å²) in [6, 6.07) is 3.79. The maximum absolute atomic E-state index is 10.0. The van der Waals surface area contributed by atoms with Gasteiger partial charge >= 0.3 is 0 Å². The molecule has 4 heteroatoms. The number of hydrogen-bond donors (Lipinski definition) is 2. The lowest BCUT2D eigenvalue weighted by molar-refractivity contribution is 0.0447. The highest BCUT2D eigenvalue weighted by atomic mass is 16.3. The topological polar surface area (TPSA) is 56.6 Å². The van der Waals surface area contributed by atoms with Crippen LogP contribution in [0.2, 0.25) is 0 Å². The Balaban J connectivity index is 2.12. The van der Waals surface area contributed by atoms with Crippen molar-refractivity contribution in [1.29, 1.82) is 0 Å². The minimum atomic E-state index is -0.622. The fraction of sp³-hybridized carbons (Fsp3) is 0.615. The zero-order valence-electron chi connectivity index (χ0n) is 10.4. The van der Waals surface area contributed by atoms with E-state index in [0.29, 0.717) is 6.54 Å². The Kier molecular flexibility index (Phi) is 3.35. The molecule has 2 atom stereocenters. The molecule has 1 aromatic heterocycles. The summed E-state index contributed by atoms with van der Waals surface area (Å²) in [6.07, 6.45) is 3.03. The lowest BCUT2D eigenvalue weighted by atomic mass is 9.95. The maximum Gasteiger partial charge on any atom is 0.128 e. The van der Waals surface area contributed by atoms with Crippen LogP contribution in [0, 0.1) is 0 Å². The molecule has 1 fully saturated rings. The van der Waals surface area contributed by atoms with Gasteiger partial charge in [-0.15, -0.1) is 0 Å². The minimum Gasteiger partial charge on any atom is -0.389 e. The fourth-order valence-electron chi connectivity index (χ4n) is 2.25. The summed E-state index contributed by atoms with van der Waals surface area (Å²) in [6.45, 7) is 5.14. The van der Waals surface area contributed by atoms with Crippen LogP contribution in [0.25, 0.3) is 0 Å². The summed E-state index contributed by atoms with van der Waals surface area (Å²) >= 11 is 0. The van der Waals surface area contributed by atoms with E-state index < -0.39 is 11.7 Å². The number of β-amino-alcohol motifs (C(OH)–C–C–N with tert-alkyl or cyclic N) is 1. The zero-order chi connectivity index (χ0) is 12.5. The quantitative estimate of drug-likeness (QED) is 0.816. The highest BCUT2D eigenvalue weighted by molar-refractivity contribution is 5.40. The van der Waals surface area contributed by atoms with Crippen LogP contribution in [0.15, 0.2) is 18.3 Å². The summed E-state index contributed by atoms with van der Waals surface area (Å²) in [5, 5.41) is 19.5. The van der Waals surface area contributed by atoms with Crippen molar-refractivity contribution in [3.8, 4) is 0 Å². The number of nitrogens with zero attached hydrogens (tertiary/aromatic N) is 2. The molecule has 1 unspecified atom stereocenters. The second-order valence-corrected chi connectivity index (χ2v) is 5.15. The largest absolute Gasteiger partial charge is 0.389 e. The first-order valence-electron chi connectivity index (χ1n) is 6.09. The third kappa shape index (κ3) is 2.96. The SMILES string of the molecule is C[C@@H](O)c1ccc(N2CCCC(C)(O)C2)nc1. The van der Waals surface area contributed by atoms with Gasteiger partial charge in [0.1, 0.15) is 5.82 Å². The molecule has 0 amide bonds. The number of anilines is 1. The van der Waals surface area contributed by atoms with Gasteiger partial charge in [0.25, 0.3) is 0 Å². The molecule has 0 radical (unpaired) electrons. The van der Waals surface area contributed by atoms with Crippen molar-refractivity contribution in [3.63, 3.8) is 0 Å². The highest BCUT2D eigenvalue weighted by Crippen LogP contribution is 2.24. The Morgan fingerprint density at radius 1 is 1.47 bits per heavy atom. The average molecular weight is 236 g/mol. The van der Waals surface area contributed by atoms with Crippen molar-refractivity contribution < 1.29 is 10.2 Å². The molecule has 2 rings (SSSR count). The molecule has 2 N–H and O–H groups in total. The van der Waals surface area contributed by atoms with Gasteiger partial charge in [-0.05, 0) is 38.3 Å². The monoisotopic (exact) mass is 236 g/mol. The second-order valence-electron chi connectivity index (χ2n) is 5.15. The Morgan fingerprint density at radius 2 is 2.24 bits per heavy atom. The summed E-state index contributed by atoms with van der Waals surface area (Å²) in [5.41, 5.74) is 0.195. The predicted octanol–water partition coefficient (Wildman–Crippen LogP) is 1.49. The van der Waals surface area contributed by atoms with Gasteiger partial charge in [0.05, 0.1) is 11.7 Å². The average Bonchev–Trinajstić information content (AvgIpc) is 2.28. The number of aliphatic hydroxyl groups excluding tert-OH is 1.